The molecule has 0 fully saturated rings. The zero-order valence-corrected chi connectivity index (χ0v) is 15.7. The van der Waals surface area contributed by atoms with Crippen molar-refractivity contribution in [3.05, 3.63) is 76.0 Å². The lowest BCUT2D eigenvalue weighted by molar-refractivity contribution is -0.00180. The Hall–Kier alpha value is -2.80. The van der Waals surface area contributed by atoms with Crippen LogP contribution in [0.1, 0.15) is 41.2 Å². The molecule has 0 aromatic heterocycles. The molecule has 3 rings (SSSR count). The molecule has 2 nitrogen and oxygen atoms in total. The van der Waals surface area contributed by atoms with Crippen LogP contribution in [0.2, 0.25) is 0 Å². The maximum Gasteiger partial charge on any atom is 0.273 e. The van der Waals surface area contributed by atoms with E-state index >= 15 is 0 Å². The van der Waals surface area contributed by atoms with Crippen LogP contribution in [-0.2, 0) is 18.8 Å². The maximum atomic E-state index is 13.9. The number of hydrogen-bond acceptors (Lipinski definition) is 2. The van der Waals surface area contributed by atoms with E-state index in [-0.39, 0.29) is 12.0 Å². The Kier molecular flexibility index (Phi) is 5.51. The molecular formula is C23H24F2N2. The molecule has 0 heterocycles. The first kappa shape index (κ1) is 19.0. The van der Waals surface area contributed by atoms with E-state index in [4.69, 9.17) is 5.73 Å². The van der Waals surface area contributed by atoms with Crippen molar-refractivity contribution in [3.8, 4) is 11.8 Å². The van der Waals surface area contributed by atoms with Crippen molar-refractivity contribution in [2.45, 2.75) is 39.0 Å². The molecule has 140 valence electrons. The number of nitrogens with two attached hydrogens (primary N) is 1. The van der Waals surface area contributed by atoms with Crippen molar-refractivity contribution in [2.75, 3.05) is 11.9 Å². The first-order valence-electron chi connectivity index (χ1n) is 9.14. The largest absolute Gasteiger partial charge is 0.404 e. The van der Waals surface area contributed by atoms with Crippen LogP contribution in [-0.4, -0.2) is 6.54 Å². The normalized spacial score (nSPS) is 15.0. The summed E-state index contributed by atoms with van der Waals surface area (Å²) < 4.78 is 27.8. The summed E-state index contributed by atoms with van der Waals surface area (Å²) in [4.78, 5) is 0. The second kappa shape index (κ2) is 7.84. The molecule has 0 aliphatic heterocycles. The molecule has 3 N–H and O–H groups in total. The monoisotopic (exact) mass is 366 g/mol. The predicted molar refractivity (Wildman–Crippen MR) is 107 cm³/mol. The summed E-state index contributed by atoms with van der Waals surface area (Å²) in [6, 6.07) is 11.5. The number of halogens is 2. The van der Waals surface area contributed by atoms with Gasteiger partial charge in [0.05, 0.1) is 0 Å². The van der Waals surface area contributed by atoms with Crippen LogP contribution in [0.5, 0.6) is 0 Å². The van der Waals surface area contributed by atoms with Gasteiger partial charge in [0.1, 0.15) is 0 Å². The van der Waals surface area contributed by atoms with Gasteiger partial charge in [-0.3, -0.25) is 0 Å². The highest BCUT2D eigenvalue weighted by atomic mass is 19.3. The number of anilines is 1. The summed E-state index contributed by atoms with van der Waals surface area (Å²) >= 11 is 0. The summed E-state index contributed by atoms with van der Waals surface area (Å²) in [6.07, 6.45) is 2.65. The van der Waals surface area contributed by atoms with Gasteiger partial charge >= 0.3 is 0 Å². The molecule has 1 aliphatic rings. The highest BCUT2D eigenvalue weighted by Crippen LogP contribution is 2.42. The molecule has 0 saturated carbocycles. The Morgan fingerprint density at radius 1 is 1.26 bits per heavy atom. The summed E-state index contributed by atoms with van der Waals surface area (Å²) in [5.41, 5.74) is 11.2. The van der Waals surface area contributed by atoms with E-state index < -0.39 is 5.92 Å². The van der Waals surface area contributed by atoms with Crippen molar-refractivity contribution >= 4 is 5.69 Å². The van der Waals surface area contributed by atoms with Crippen LogP contribution in [0.3, 0.4) is 0 Å². The summed E-state index contributed by atoms with van der Waals surface area (Å²) in [6.45, 7) is 4.57. The van der Waals surface area contributed by atoms with E-state index in [1.54, 1.807) is 6.07 Å². The van der Waals surface area contributed by atoms with Crippen LogP contribution < -0.4 is 11.1 Å². The van der Waals surface area contributed by atoms with Gasteiger partial charge in [0, 0.05) is 41.6 Å². The van der Waals surface area contributed by atoms with Crippen LogP contribution in [0.15, 0.2) is 48.2 Å². The summed E-state index contributed by atoms with van der Waals surface area (Å²) in [5, 5.41) is 3.26. The summed E-state index contributed by atoms with van der Waals surface area (Å²) in [5.74, 6) is 3.48. The fourth-order valence-corrected chi connectivity index (χ4v) is 3.19. The summed E-state index contributed by atoms with van der Waals surface area (Å²) in [7, 11) is 0. The number of rotatable bonds is 4. The van der Waals surface area contributed by atoms with Crippen molar-refractivity contribution < 1.29 is 8.78 Å². The molecule has 0 spiro atoms. The average Bonchev–Trinajstić information content (AvgIpc) is 2.96. The minimum absolute atomic E-state index is 0.0855. The second-order valence-electron chi connectivity index (χ2n) is 7.00. The Morgan fingerprint density at radius 2 is 2.07 bits per heavy atom. The lowest BCUT2D eigenvalue weighted by atomic mass is 10.0. The number of allylic oxidation sites excluding steroid dienone is 1. The SMILES string of the molecule is C/C(C#Cc1cc(CCNc2ccc3c(c2)C(F)(F)CC3)ccc1C)=C\N. The van der Waals surface area contributed by atoms with E-state index in [9.17, 15) is 8.78 Å². The van der Waals surface area contributed by atoms with Gasteiger partial charge in [-0.05, 0) is 61.6 Å². The minimum Gasteiger partial charge on any atom is -0.404 e. The number of alkyl halides is 2. The number of nitrogens with one attached hydrogen (secondary N) is 1. The Morgan fingerprint density at radius 3 is 2.85 bits per heavy atom. The lowest BCUT2D eigenvalue weighted by Gasteiger charge is -2.13. The van der Waals surface area contributed by atoms with Gasteiger partial charge in [-0.25, -0.2) is 8.78 Å². The van der Waals surface area contributed by atoms with Crippen LogP contribution in [0.4, 0.5) is 14.5 Å². The van der Waals surface area contributed by atoms with Crippen LogP contribution >= 0.6 is 0 Å². The third-order valence-electron chi connectivity index (χ3n) is 4.90. The lowest BCUT2D eigenvalue weighted by Crippen LogP contribution is -2.09. The molecule has 4 heteroatoms. The van der Waals surface area contributed by atoms with Gasteiger partial charge in [-0.1, -0.05) is 30.0 Å². The van der Waals surface area contributed by atoms with Crippen molar-refractivity contribution in [3.63, 3.8) is 0 Å². The molecule has 0 radical (unpaired) electrons. The third kappa shape index (κ3) is 4.49. The van der Waals surface area contributed by atoms with Gasteiger partial charge in [0.2, 0.25) is 0 Å². The van der Waals surface area contributed by atoms with Gasteiger partial charge in [-0.2, -0.15) is 0 Å². The predicted octanol–water partition coefficient (Wildman–Crippen LogP) is 4.90. The molecule has 0 unspecified atom stereocenters. The fraction of sp³-hybridized carbons (Fsp3) is 0.304. The van der Waals surface area contributed by atoms with Crippen LogP contribution in [0, 0.1) is 18.8 Å². The van der Waals surface area contributed by atoms with Crippen LogP contribution in [0.25, 0.3) is 0 Å². The number of hydrogen-bond donors (Lipinski definition) is 2. The maximum absolute atomic E-state index is 13.9. The highest BCUT2D eigenvalue weighted by Gasteiger charge is 2.38. The van der Waals surface area contributed by atoms with Gasteiger partial charge in [0.25, 0.3) is 5.92 Å². The first-order valence-corrected chi connectivity index (χ1v) is 9.14. The smallest absolute Gasteiger partial charge is 0.273 e. The van der Waals surface area contributed by atoms with Gasteiger partial charge < -0.3 is 11.1 Å². The zero-order valence-electron chi connectivity index (χ0n) is 15.7. The molecule has 0 amide bonds. The quantitative estimate of drug-likeness (QED) is 0.755. The number of fused-ring (bicyclic) bond motifs is 1. The van der Waals surface area contributed by atoms with E-state index in [0.29, 0.717) is 13.0 Å². The number of benzene rings is 2. The van der Waals surface area contributed by atoms with Crippen molar-refractivity contribution in [2.24, 2.45) is 5.73 Å². The van der Waals surface area contributed by atoms with Crippen molar-refractivity contribution in [1.82, 2.24) is 0 Å². The van der Waals surface area contributed by atoms with E-state index in [1.165, 1.54) is 6.20 Å². The van der Waals surface area contributed by atoms with Gasteiger partial charge in [0.15, 0.2) is 0 Å². The molecule has 2 aromatic carbocycles. The first-order chi connectivity index (χ1) is 12.9. The molecule has 27 heavy (non-hydrogen) atoms. The molecule has 1 aliphatic carbocycles. The molecular weight excluding hydrogens is 342 g/mol. The van der Waals surface area contributed by atoms with E-state index in [2.05, 4.69) is 35.4 Å². The van der Waals surface area contributed by atoms with Crippen molar-refractivity contribution in [1.29, 1.82) is 0 Å². The van der Waals surface area contributed by atoms with Gasteiger partial charge in [-0.15, -0.1) is 0 Å². The average molecular weight is 366 g/mol. The van der Waals surface area contributed by atoms with E-state index in [1.807, 2.05) is 26.0 Å². The Bertz CT molecular complexity index is 933. The Balaban J connectivity index is 1.65. The minimum atomic E-state index is -2.70. The van der Waals surface area contributed by atoms with E-state index in [0.717, 1.165) is 39.9 Å². The molecule has 0 atom stereocenters. The standard InChI is InChI=1S/C23H24F2N2/c1-16(15-26)3-6-20-13-18(5-4-17(20)2)10-12-27-21-8-7-19-9-11-23(24,25)22(19)14-21/h4-5,7-8,13-15,27H,9-12,26H2,1-2H3/b16-15+. The molecule has 0 bridgehead atoms. The zero-order chi connectivity index (χ0) is 19.4. The number of aryl methyl sites for hydroxylation is 2. The molecule has 0 saturated heterocycles. The topological polar surface area (TPSA) is 38.0 Å². The Labute approximate surface area is 159 Å². The second-order valence-corrected chi connectivity index (χ2v) is 7.00. The third-order valence-corrected chi connectivity index (χ3v) is 4.90. The fourth-order valence-electron chi connectivity index (χ4n) is 3.19. The highest BCUT2D eigenvalue weighted by molar-refractivity contribution is 5.52. The molecule has 2 aromatic rings.